The molecule has 1 rings (SSSR count). The quantitative estimate of drug-likeness (QED) is 0.324. The van der Waals surface area contributed by atoms with Gasteiger partial charge in [0.25, 0.3) is 0 Å². The Morgan fingerprint density at radius 3 is 2.00 bits per heavy atom. The lowest BCUT2D eigenvalue weighted by molar-refractivity contribution is -0.0110. The van der Waals surface area contributed by atoms with Gasteiger partial charge >= 0.3 is 7.60 Å². The van der Waals surface area contributed by atoms with Crippen LogP contribution < -0.4 is 0 Å². The predicted molar refractivity (Wildman–Crippen MR) is 39.8 cm³/mol. The second kappa shape index (κ2) is 3.62. The van der Waals surface area contributed by atoms with E-state index >= 15 is 0 Å². The number of rotatable bonds is 2. The van der Waals surface area contributed by atoms with Crippen molar-refractivity contribution >= 4 is 7.60 Å². The van der Waals surface area contributed by atoms with Gasteiger partial charge in [-0.2, -0.15) is 0 Å². The molecule has 1 fully saturated rings. The molecule has 5 N–H and O–H groups in total. The third-order valence-corrected chi connectivity index (χ3v) is 2.94. The fourth-order valence-corrected chi connectivity index (χ4v) is 2.05. The maximum atomic E-state index is 10.7. The summed E-state index contributed by atoms with van der Waals surface area (Å²) in [6.45, 7) is -0.602. The Hall–Kier alpha value is -0.0100. The first-order valence-corrected chi connectivity index (χ1v) is 5.23. The number of aliphatic hydroxyl groups excluding tert-OH is 3. The lowest BCUT2D eigenvalue weighted by atomic mass is 10.2. The molecular formula is C5H11O7P. The summed E-state index contributed by atoms with van der Waals surface area (Å²) in [5, 5.41) is 26.8. The Labute approximate surface area is 73.7 Å². The fourth-order valence-electron chi connectivity index (χ4n) is 1.16. The Balaban J connectivity index is 2.77. The van der Waals surface area contributed by atoms with Crippen molar-refractivity contribution in [2.24, 2.45) is 0 Å². The van der Waals surface area contributed by atoms with Gasteiger partial charge in [-0.25, -0.2) is 0 Å². The van der Waals surface area contributed by atoms with Crippen LogP contribution in [-0.2, 0) is 9.30 Å². The van der Waals surface area contributed by atoms with Crippen LogP contribution in [0.15, 0.2) is 0 Å². The average Bonchev–Trinajstić information content (AvgIpc) is 2.28. The first-order valence-electron chi connectivity index (χ1n) is 3.55. The molecular weight excluding hydrogens is 203 g/mol. The summed E-state index contributed by atoms with van der Waals surface area (Å²) in [7, 11) is -4.60. The zero-order valence-corrected chi connectivity index (χ0v) is 7.41. The third kappa shape index (κ3) is 2.08. The Kier molecular flexibility index (Phi) is 3.09. The van der Waals surface area contributed by atoms with Gasteiger partial charge in [-0.05, 0) is 0 Å². The minimum absolute atomic E-state index is 0.602. The van der Waals surface area contributed by atoms with E-state index in [1.165, 1.54) is 0 Å². The summed E-state index contributed by atoms with van der Waals surface area (Å²) in [5.41, 5.74) is 0. The molecule has 0 aromatic carbocycles. The van der Waals surface area contributed by atoms with Gasteiger partial charge in [0, 0.05) is 0 Å². The van der Waals surface area contributed by atoms with Crippen molar-refractivity contribution in [2.75, 3.05) is 6.61 Å². The molecule has 0 aromatic heterocycles. The van der Waals surface area contributed by atoms with Crippen LogP contribution in [0.25, 0.3) is 0 Å². The molecule has 0 amide bonds. The highest BCUT2D eigenvalue weighted by molar-refractivity contribution is 7.52. The monoisotopic (exact) mass is 214 g/mol. The predicted octanol–water partition coefficient (Wildman–Crippen LogP) is -2.40. The van der Waals surface area contributed by atoms with Crippen LogP contribution in [0.1, 0.15) is 0 Å². The highest BCUT2D eigenvalue weighted by Gasteiger charge is 2.50. The van der Waals surface area contributed by atoms with E-state index in [-0.39, 0.29) is 0 Å². The van der Waals surface area contributed by atoms with Gasteiger partial charge in [0.1, 0.15) is 18.3 Å². The molecule has 0 bridgehead atoms. The molecule has 7 nitrogen and oxygen atoms in total. The van der Waals surface area contributed by atoms with Crippen LogP contribution in [0.4, 0.5) is 0 Å². The van der Waals surface area contributed by atoms with Gasteiger partial charge in [-0.1, -0.05) is 0 Å². The highest BCUT2D eigenvalue weighted by atomic mass is 31.2. The lowest BCUT2D eigenvalue weighted by Crippen LogP contribution is -2.33. The SMILES string of the molecule is O=P(O)(O)[C@@H]1O[C@H](CO)[C@@H](O)[C@@H]1O. The maximum absolute atomic E-state index is 10.7. The maximum Gasteiger partial charge on any atom is 0.356 e. The van der Waals surface area contributed by atoms with Crippen LogP contribution >= 0.6 is 7.60 Å². The molecule has 0 spiro atoms. The van der Waals surface area contributed by atoms with Crippen molar-refractivity contribution in [1.82, 2.24) is 0 Å². The van der Waals surface area contributed by atoms with Gasteiger partial charge in [0.2, 0.25) is 0 Å². The molecule has 0 saturated carbocycles. The smallest absolute Gasteiger partial charge is 0.356 e. The Morgan fingerprint density at radius 2 is 1.77 bits per heavy atom. The van der Waals surface area contributed by atoms with E-state index in [2.05, 4.69) is 4.74 Å². The standard InChI is InChI=1S/C5H11O7P/c6-1-2-3(7)4(8)5(12-2)13(9,10)11/h2-8H,1H2,(H2,9,10,11)/t2-,3-,4+,5+/m1/s1. The summed E-state index contributed by atoms with van der Waals surface area (Å²) in [6.07, 6.45) is -4.28. The van der Waals surface area contributed by atoms with Crippen molar-refractivity contribution < 1.29 is 34.4 Å². The van der Waals surface area contributed by atoms with Crippen molar-refractivity contribution in [3.63, 3.8) is 0 Å². The zero-order chi connectivity index (χ0) is 10.2. The summed E-state index contributed by atoms with van der Waals surface area (Å²) in [5.74, 6) is -1.75. The molecule has 1 saturated heterocycles. The Morgan fingerprint density at radius 1 is 1.23 bits per heavy atom. The van der Waals surface area contributed by atoms with Crippen LogP contribution in [0.3, 0.4) is 0 Å². The van der Waals surface area contributed by atoms with E-state index in [4.69, 9.17) is 25.1 Å². The molecule has 1 aliphatic heterocycles. The van der Waals surface area contributed by atoms with E-state index < -0.39 is 38.4 Å². The molecule has 1 aliphatic rings. The third-order valence-electron chi connectivity index (χ3n) is 1.85. The van der Waals surface area contributed by atoms with Gasteiger partial charge in [0.05, 0.1) is 6.61 Å². The molecule has 1 heterocycles. The summed E-state index contributed by atoms with van der Waals surface area (Å²) >= 11 is 0. The first kappa shape index (κ1) is 11.1. The van der Waals surface area contributed by atoms with Crippen LogP contribution in [0, 0.1) is 0 Å². The molecule has 78 valence electrons. The first-order chi connectivity index (χ1) is 5.88. The minimum Gasteiger partial charge on any atom is -0.394 e. The molecule has 13 heavy (non-hydrogen) atoms. The van der Waals surface area contributed by atoms with Gasteiger partial charge < -0.3 is 29.8 Å². The van der Waals surface area contributed by atoms with Crippen LogP contribution in [-0.4, -0.2) is 55.9 Å². The van der Waals surface area contributed by atoms with E-state index in [0.29, 0.717) is 0 Å². The number of aliphatic hydroxyl groups is 3. The van der Waals surface area contributed by atoms with Gasteiger partial charge in [0.15, 0.2) is 5.85 Å². The van der Waals surface area contributed by atoms with Crippen molar-refractivity contribution in [1.29, 1.82) is 0 Å². The minimum atomic E-state index is -4.60. The molecule has 0 aromatic rings. The van der Waals surface area contributed by atoms with Crippen LogP contribution in [0.2, 0.25) is 0 Å². The van der Waals surface area contributed by atoms with Crippen molar-refractivity contribution in [3.05, 3.63) is 0 Å². The largest absolute Gasteiger partial charge is 0.394 e. The lowest BCUT2D eigenvalue weighted by Gasteiger charge is -2.15. The van der Waals surface area contributed by atoms with Crippen LogP contribution in [0.5, 0.6) is 0 Å². The molecule has 4 atom stereocenters. The Bertz CT molecular complexity index is 225. The zero-order valence-electron chi connectivity index (χ0n) is 6.52. The average molecular weight is 214 g/mol. The van der Waals surface area contributed by atoms with E-state index in [1.807, 2.05) is 0 Å². The van der Waals surface area contributed by atoms with E-state index in [9.17, 15) is 4.57 Å². The topological polar surface area (TPSA) is 127 Å². The fraction of sp³-hybridized carbons (Fsp3) is 1.00. The molecule has 0 aliphatic carbocycles. The summed E-state index contributed by atoms with van der Waals surface area (Å²) in [4.78, 5) is 17.3. The summed E-state index contributed by atoms with van der Waals surface area (Å²) in [6, 6.07) is 0. The molecule has 0 radical (unpaired) electrons. The van der Waals surface area contributed by atoms with Crippen molar-refractivity contribution in [3.8, 4) is 0 Å². The van der Waals surface area contributed by atoms with E-state index in [1.54, 1.807) is 0 Å². The number of hydrogen-bond acceptors (Lipinski definition) is 5. The second-order valence-corrected chi connectivity index (χ2v) is 4.51. The highest BCUT2D eigenvalue weighted by Crippen LogP contribution is 2.47. The van der Waals surface area contributed by atoms with Gasteiger partial charge in [-0.3, -0.25) is 4.57 Å². The van der Waals surface area contributed by atoms with Gasteiger partial charge in [-0.15, -0.1) is 0 Å². The molecule has 8 heteroatoms. The number of hydrogen-bond donors (Lipinski definition) is 5. The normalized spacial score (nSPS) is 41.0. The van der Waals surface area contributed by atoms with Crippen molar-refractivity contribution in [2.45, 2.75) is 24.2 Å². The summed E-state index contributed by atoms with van der Waals surface area (Å²) < 4.78 is 15.3. The van der Waals surface area contributed by atoms with E-state index in [0.717, 1.165) is 0 Å². The molecule has 0 unspecified atom stereocenters. The number of ether oxygens (including phenoxy) is 1. The second-order valence-electron chi connectivity index (χ2n) is 2.82.